The average molecular weight is 281 g/mol. The molecule has 1 unspecified atom stereocenters. The molecule has 1 aromatic carbocycles. The van der Waals surface area contributed by atoms with Crippen LogP contribution in [-0.4, -0.2) is 12.1 Å². The Morgan fingerprint density at radius 1 is 1.42 bits per heavy atom. The maximum atomic E-state index is 13.1. The Morgan fingerprint density at radius 3 is 2.89 bits per heavy atom. The van der Waals surface area contributed by atoms with Gasteiger partial charge in [0.25, 0.3) is 0 Å². The van der Waals surface area contributed by atoms with E-state index in [0.29, 0.717) is 12.2 Å². The SMILES string of the molecule is COc1cnccc1C(N)Cc1ccc(F)c(Cl)c1. The lowest BCUT2D eigenvalue weighted by Crippen LogP contribution is -2.14. The first kappa shape index (κ1) is 13.8. The second kappa shape index (κ2) is 5.99. The van der Waals surface area contributed by atoms with Gasteiger partial charge in [-0.2, -0.15) is 0 Å². The van der Waals surface area contributed by atoms with Gasteiger partial charge in [-0.1, -0.05) is 17.7 Å². The fourth-order valence-corrected chi connectivity index (χ4v) is 2.10. The van der Waals surface area contributed by atoms with Gasteiger partial charge < -0.3 is 10.5 Å². The fourth-order valence-electron chi connectivity index (χ4n) is 1.90. The standard InChI is InChI=1S/C14H14ClFN2O/c1-19-14-8-18-5-4-10(14)13(17)7-9-2-3-12(16)11(15)6-9/h2-6,8,13H,7,17H2,1H3. The molecule has 3 nitrogen and oxygen atoms in total. The van der Waals surface area contributed by atoms with Crippen molar-refractivity contribution >= 4 is 11.6 Å². The Kier molecular flexibility index (Phi) is 4.35. The number of hydrogen-bond donors (Lipinski definition) is 1. The first-order valence-electron chi connectivity index (χ1n) is 5.79. The number of rotatable bonds is 4. The van der Waals surface area contributed by atoms with Crippen molar-refractivity contribution in [3.8, 4) is 5.75 Å². The molecule has 100 valence electrons. The first-order chi connectivity index (χ1) is 9.11. The van der Waals surface area contributed by atoms with Crippen LogP contribution in [-0.2, 0) is 6.42 Å². The van der Waals surface area contributed by atoms with Gasteiger partial charge in [0.2, 0.25) is 0 Å². The van der Waals surface area contributed by atoms with Gasteiger partial charge in [0.05, 0.1) is 18.3 Å². The number of halogens is 2. The lowest BCUT2D eigenvalue weighted by Gasteiger charge is -2.15. The van der Waals surface area contributed by atoms with Crippen LogP contribution in [0, 0.1) is 5.82 Å². The number of aromatic nitrogens is 1. The van der Waals surface area contributed by atoms with Gasteiger partial charge in [-0.3, -0.25) is 4.98 Å². The van der Waals surface area contributed by atoms with E-state index in [-0.39, 0.29) is 11.1 Å². The summed E-state index contributed by atoms with van der Waals surface area (Å²) >= 11 is 5.75. The van der Waals surface area contributed by atoms with Gasteiger partial charge in [-0.25, -0.2) is 4.39 Å². The van der Waals surface area contributed by atoms with Gasteiger partial charge in [0, 0.05) is 17.8 Å². The van der Waals surface area contributed by atoms with E-state index >= 15 is 0 Å². The summed E-state index contributed by atoms with van der Waals surface area (Å²) < 4.78 is 18.3. The number of hydrogen-bond acceptors (Lipinski definition) is 3. The molecule has 0 saturated carbocycles. The molecule has 1 atom stereocenters. The smallest absolute Gasteiger partial charge is 0.141 e. The monoisotopic (exact) mass is 280 g/mol. The maximum absolute atomic E-state index is 13.1. The highest BCUT2D eigenvalue weighted by Crippen LogP contribution is 2.26. The molecule has 2 rings (SSSR count). The van der Waals surface area contributed by atoms with Crippen molar-refractivity contribution in [2.45, 2.75) is 12.5 Å². The minimum absolute atomic E-state index is 0.103. The number of methoxy groups -OCH3 is 1. The lowest BCUT2D eigenvalue weighted by molar-refractivity contribution is 0.403. The summed E-state index contributed by atoms with van der Waals surface area (Å²) in [5, 5.41) is 0.103. The Balaban J connectivity index is 2.20. The van der Waals surface area contributed by atoms with Gasteiger partial charge >= 0.3 is 0 Å². The summed E-state index contributed by atoms with van der Waals surface area (Å²) in [7, 11) is 1.57. The maximum Gasteiger partial charge on any atom is 0.141 e. The molecule has 0 spiro atoms. The average Bonchev–Trinajstić information content (AvgIpc) is 2.43. The van der Waals surface area contributed by atoms with Gasteiger partial charge in [0.15, 0.2) is 0 Å². The van der Waals surface area contributed by atoms with Crippen LogP contribution in [0.4, 0.5) is 4.39 Å². The Hall–Kier alpha value is -1.65. The number of benzene rings is 1. The van der Waals surface area contributed by atoms with Crippen molar-refractivity contribution in [1.82, 2.24) is 4.98 Å². The van der Waals surface area contributed by atoms with Gasteiger partial charge in [0.1, 0.15) is 11.6 Å². The van der Waals surface area contributed by atoms with Gasteiger partial charge in [-0.15, -0.1) is 0 Å². The molecule has 0 amide bonds. The Morgan fingerprint density at radius 2 is 2.21 bits per heavy atom. The van der Waals surface area contributed by atoms with E-state index in [9.17, 15) is 4.39 Å². The van der Waals surface area contributed by atoms with E-state index in [1.807, 2.05) is 6.07 Å². The van der Waals surface area contributed by atoms with Crippen molar-refractivity contribution < 1.29 is 9.13 Å². The van der Waals surface area contributed by atoms with Crippen LogP contribution < -0.4 is 10.5 Å². The second-order valence-corrected chi connectivity index (χ2v) is 4.58. The highest BCUT2D eigenvalue weighted by Gasteiger charge is 2.13. The highest BCUT2D eigenvalue weighted by molar-refractivity contribution is 6.30. The van der Waals surface area contributed by atoms with E-state index in [0.717, 1.165) is 11.1 Å². The predicted octanol–water partition coefficient (Wildman–Crippen LogP) is 3.13. The van der Waals surface area contributed by atoms with Crippen LogP contribution in [0.25, 0.3) is 0 Å². The van der Waals surface area contributed by atoms with Crippen molar-refractivity contribution in [2.75, 3.05) is 7.11 Å². The molecule has 0 fully saturated rings. The van der Waals surface area contributed by atoms with Crippen LogP contribution in [0.3, 0.4) is 0 Å². The Labute approximate surface area is 116 Å². The fraction of sp³-hybridized carbons (Fsp3) is 0.214. The molecule has 0 aliphatic carbocycles. The van der Waals surface area contributed by atoms with E-state index < -0.39 is 5.82 Å². The molecule has 5 heteroatoms. The number of pyridine rings is 1. The summed E-state index contributed by atoms with van der Waals surface area (Å²) in [4.78, 5) is 3.98. The third-order valence-electron chi connectivity index (χ3n) is 2.88. The molecule has 0 saturated heterocycles. The minimum Gasteiger partial charge on any atom is -0.495 e. The molecule has 0 bridgehead atoms. The lowest BCUT2D eigenvalue weighted by atomic mass is 10.00. The topological polar surface area (TPSA) is 48.1 Å². The van der Waals surface area contributed by atoms with Gasteiger partial charge in [-0.05, 0) is 30.2 Å². The predicted molar refractivity (Wildman–Crippen MR) is 72.8 cm³/mol. The molecule has 1 aromatic heterocycles. The molecule has 2 N–H and O–H groups in total. The number of nitrogens with two attached hydrogens (primary N) is 1. The molecule has 0 aliphatic rings. The summed E-state index contributed by atoms with van der Waals surface area (Å²) in [5.74, 6) is 0.212. The van der Waals surface area contributed by atoms with Crippen LogP contribution in [0.2, 0.25) is 5.02 Å². The normalized spacial score (nSPS) is 12.2. The number of ether oxygens (including phenoxy) is 1. The second-order valence-electron chi connectivity index (χ2n) is 4.18. The summed E-state index contributed by atoms with van der Waals surface area (Å²) in [5.41, 5.74) is 7.88. The van der Waals surface area contributed by atoms with E-state index in [1.54, 1.807) is 31.6 Å². The molecule has 19 heavy (non-hydrogen) atoms. The van der Waals surface area contributed by atoms with E-state index in [4.69, 9.17) is 22.1 Å². The zero-order valence-electron chi connectivity index (χ0n) is 10.4. The van der Waals surface area contributed by atoms with Crippen molar-refractivity contribution in [1.29, 1.82) is 0 Å². The summed E-state index contributed by atoms with van der Waals surface area (Å²) in [6.07, 6.45) is 3.82. The first-order valence-corrected chi connectivity index (χ1v) is 6.17. The van der Waals surface area contributed by atoms with Crippen LogP contribution in [0.1, 0.15) is 17.2 Å². The molecule has 2 aromatic rings. The molecule has 0 radical (unpaired) electrons. The van der Waals surface area contributed by atoms with E-state index in [2.05, 4.69) is 4.98 Å². The van der Waals surface area contributed by atoms with Crippen molar-refractivity contribution in [3.63, 3.8) is 0 Å². The Bertz CT molecular complexity index is 577. The molecule has 0 aliphatic heterocycles. The largest absolute Gasteiger partial charge is 0.495 e. The molecular formula is C14H14ClFN2O. The van der Waals surface area contributed by atoms with Crippen molar-refractivity contribution in [3.05, 3.63) is 58.6 Å². The van der Waals surface area contributed by atoms with Crippen LogP contribution in [0.5, 0.6) is 5.75 Å². The van der Waals surface area contributed by atoms with E-state index in [1.165, 1.54) is 6.07 Å². The zero-order chi connectivity index (χ0) is 13.8. The highest BCUT2D eigenvalue weighted by atomic mass is 35.5. The third-order valence-corrected chi connectivity index (χ3v) is 3.17. The zero-order valence-corrected chi connectivity index (χ0v) is 11.2. The summed E-state index contributed by atoms with van der Waals surface area (Å²) in [6.45, 7) is 0. The quantitative estimate of drug-likeness (QED) is 0.936. The molecular weight excluding hydrogens is 267 g/mol. The van der Waals surface area contributed by atoms with Crippen molar-refractivity contribution in [2.24, 2.45) is 5.73 Å². The minimum atomic E-state index is -0.430. The summed E-state index contributed by atoms with van der Waals surface area (Å²) in [6, 6.07) is 6.15. The molecule has 1 heterocycles. The number of nitrogens with zero attached hydrogens (tertiary/aromatic N) is 1. The van der Waals surface area contributed by atoms with Crippen LogP contribution in [0.15, 0.2) is 36.7 Å². The van der Waals surface area contributed by atoms with Crippen LogP contribution >= 0.6 is 11.6 Å². The third kappa shape index (κ3) is 3.22.